The second kappa shape index (κ2) is 40.9. The number of allylic oxidation sites excluding steroid dienone is 3. The number of unbranched alkanes of at least 4 members (excludes halogenated alkanes) is 28. The highest BCUT2D eigenvalue weighted by molar-refractivity contribution is 7.47. The Labute approximate surface area is 358 Å². The van der Waals surface area contributed by atoms with E-state index in [0.717, 1.165) is 38.5 Å². The lowest BCUT2D eigenvalue weighted by Gasteiger charge is -2.24. The smallest absolute Gasteiger partial charge is 0.462 e. The van der Waals surface area contributed by atoms with Crippen LogP contribution in [0.3, 0.4) is 0 Å². The first kappa shape index (κ1) is 56.5. The highest BCUT2D eigenvalue weighted by Gasteiger charge is 2.27. The second-order valence-corrected chi connectivity index (χ2v) is 19.0. The number of hydrogen-bond donors (Lipinski definition) is 1. The number of ether oxygens (including phenoxy) is 2. The molecule has 0 aliphatic carbocycles. The van der Waals surface area contributed by atoms with Gasteiger partial charge in [0.05, 0.1) is 27.7 Å². The maximum Gasteiger partial charge on any atom is 0.472 e. The predicted molar refractivity (Wildman–Crippen MR) is 243 cm³/mol. The summed E-state index contributed by atoms with van der Waals surface area (Å²) in [6, 6.07) is 0. The average Bonchev–Trinajstić information content (AvgIpc) is 3.17. The predicted octanol–water partition coefficient (Wildman–Crippen LogP) is 13.9. The molecule has 0 aromatic heterocycles. The second-order valence-electron chi connectivity index (χ2n) is 17.6. The maximum absolute atomic E-state index is 12.7. The van der Waals surface area contributed by atoms with Crippen LogP contribution < -0.4 is 0 Å². The van der Waals surface area contributed by atoms with E-state index in [2.05, 4.69) is 25.7 Å². The largest absolute Gasteiger partial charge is 0.472 e. The van der Waals surface area contributed by atoms with E-state index >= 15 is 0 Å². The van der Waals surface area contributed by atoms with Crippen molar-refractivity contribution < 1.29 is 42.1 Å². The molecule has 0 amide bonds. The Kier molecular flexibility index (Phi) is 39.8. The van der Waals surface area contributed by atoms with Crippen molar-refractivity contribution in [3.63, 3.8) is 0 Å². The van der Waals surface area contributed by atoms with Crippen LogP contribution in [0.15, 0.2) is 24.8 Å². The Morgan fingerprint density at radius 1 is 0.569 bits per heavy atom. The van der Waals surface area contributed by atoms with Gasteiger partial charge in [-0.3, -0.25) is 18.6 Å². The third-order valence-corrected chi connectivity index (χ3v) is 11.6. The zero-order chi connectivity index (χ0) is 42.8. The van der Waals surface area contributed by atoms with Crippen molar-refractivity contribution in [1.82, 2.24) is 0 Å². The van der Waals surface area contributed by atoms with Crippen LogP contribution in [-0.4, -0.2) is 74.9 Å². The number of rotatable bonds is 45. The first-order valence-electron chi connectivity index (χ1n) is 24.0. The summed E-state index contributed by atoms with van der Waals surface area (Å²) < 4.78 is 34.4. The van der Waals surface area contributed by atoms with E-state index in [4.69, 9.17) is 18.5 Å². The summed E-state index contributed by atoms with van der Waals surface area (Å²) in [4.78, 5) is 35.4. The van der Waals surface area contributed by atoms with Crippen LogP contribution >= 0.6 is 7.82 Å². The molecule has 2 atom stereocenters. The van der Waals surface area contributed by atoms with Crippen LogP contribution in [0.2, 0.25) is 0 Å². The zero-order valence-electron chi connectivity index (χ0n) is 38.4. The highest BCUT2D eigenvalue weighted by Crippen LogP contribution is 2.43. The highest BCUT2D eigenvalue weighted by atomic mass is 31.2. The number of likely N-dealkylation sites (N-methyl/N-ethyl adjacent to an activating group) is 1. The van der Waals surface area contributed by atoms with Crippen LogP contribution in [-0.2, 0) is 32.7 Å². The lowest BCUT2D eigenvalue weighted by atomic mass is 10.0. The summed E-state index contributed by atoms with van der Waals surface area (Å²) >= 11 is 0. The number of nitrogens with zero attached hydrogens (tertiary/aromatic N) is 1. The molecule has 0 aromatic rings. The van der Waals surface area contributed by atoms with Crippen molar-refractivity contribution in [2.45, 2.75) is 225 Å². The van der Waals surface area contributed by atoms with Gasteiger partial charge in [-0.15, -0.1) is 6.58 Å². The van der Waals surface area contributed by atoms with Crippen LogP contribution in [0.4, 0.5) is 0 Å². The molecule has 9 nitrogen and oxygen atoms in total. The van der Waals surface area contributed by atoms with Crippen LogP contribution in [0.25, 0.3) is 0 Å². The van der Waals surface area contributed by atoms with Gasteiger partial charge in [0.1, 0.15) is 19.8 Å². The Balaban J connectivity index is 4.25. The Bertz CT molecular complexity index is 1030. The molecule has 1 unspecified atom stereocenters. The van der Waals surface area contributed by atoms with E-state index in [-0.39, 0.29) is 32.0 Å². The van der Waals surface area contributed by atoms with Crippen molar-refractivity contribution >= 4 is 19.8 Å². The van der Waals surface area contributed by atoms with Gasteiger partial charge < -0.3 is 18.9 Å². The van der Waals surface area contributed by atoms with Crippen molar-refractivity contribution in [1.29, 1.82) is 0 Å². The lowest BCUT2D eigenvalue weighted by molar-refractivity contribution is -0.870. The molecular formula is C48H93NO8P+. The molecule has 0 spiro atoms. The van der Waals surface area contributed by atoms with E-state index in [0.29, 0.717) is 17.4 Å². The Morgan fingerprint density at radius 2 is 0.966 bits per heavy atom. The standard InChI is InChI=1S/C48H92NO8P/c1-6-8-10-12-14-16-18-20-22-23-24-25-27-28-30-32-34-36-38-40-47(50)54-44-46(45-56-58(52,53)55-43-42-49(3,4)5)57-48(51)41-39-37-35-33-31-29-26-21-19-17-15-13-11-9-7-2/h7,20,22,46H,2,6,8-19,21,23-45H2,1,3-5H3/p+1/b22-20+/t46-/m1/s1. The Hall–Kier alpha value is -1.51. The SMILES string of the molecule is C=CCCCCCCCCCCCCCCCC(=O)O[C@H](COC(=O)CCCCCCCCCCC/C=C/CCCCCCCC)COP(=O)(O)OCC[N+](C)(C)C. The first-order valence-corrected chi connectivity index (χ1v) is 25.5. The van der Waals surface area contributed by atoms with Crippen molar-refractivity contribution in [2.75, 3.05) is 47.5 Å². The minimum Gasteiger partial charge on any atom is -0.462 e. The van der Waals surface area contributed by atoms with Crippen molar-refractivity contribution in [3.05, 3.63) is 24.8 Å². The lowest BCUT2D eigenvalue weighted by Crippen LogP contribution is -2.37. The van der Waals surface area contributed by atoms with Gasteiger partial charge in [0, 0.05) is 12.8 Å². The fraction of sp³-hybridized carbons (Fsp3) is 0.875. The molecular weight excluding hydrogens is 750 g/mol. The van der Waals surface area contributed by atoms with E-state index in [1.54, 1.807) is 0 Å². The zero-order valence-corrected chi connectivity index (χ0v) is 39.3. The molecule has 0 rings (SSSR count). The molecule has 0 aliphatic rings. The van der Waals surface area contributed by atoms with Crippen LogP contribution in [0.1, 0.15) is 219 Å². The molecule has 58 heavy (non-hydrogen) atoms. The summed E-state index contributed by atoms with van der Waals surface area (Å²) in [5.74, 6) is -0.795. The summed E-state index contributed by atoms with van der Waals surface area (Å²) in [5.41, 5.74) is 0. The average molecular weight is 843 g/mol. The molecule has 342 valence electrons. The fourth-order valence-electron chi connectivity index (χ4n) is 6.81. The van der Waals surface area contributed by atoms with Crippen LogP contribution in [0.5, 0.6) is 0 Å². The minimum atomic E-state index is -4.37. The van der Waals surface area contributed by atoms with Gasteiger partial charge in [-0.25, -0.2) is 4.57 Å². The quantitative estimate of drug-likeness (QED) is 0.0212. The Morgan fingerprint density at radius 3 is 1.40 bits per heavy atom. The summed E-state index contributed by atoms with van der Waals surface area (Å²) in [6.45, 7) is 5.96. The van der Waals surface area contributed by atoms with Gasteiger partial charge in [-0.05, 0) is 51.4 Å². The molecule has 0 fully saturated rings. The maximum atomic E-state index is 12.7. The van der Waals surface area contributed by atoms with Gasteiger partial charge in [0.2, 0.25) is 0 Å². The number of carbonyl (C=O) groups excluding carboxylic acids is 2. The van der Waals surface area contributed by atoms with Crippen molar-refractivity contribution in [3.8, 4) is 0 Å². The molecule has 0 bridgehead atoms. The van der Waals surface area contributed by atoms with E-state index < -0.39 is 26.5 Å². The number of carbonyl (C=O) groups is 2. The molecule has 0 aromatic carbocycles. The monoisotopic (exact) mass is 843 g/mol. The molecule has 0 saturated heterocycles. The van der Waals surface area contributed by atoms with E-state index in [9.17, 15) is 19.0 Å². The number of phosphoric acid groups is 1. The third-order valence-electron chi connectivity index (χ3n) is 10.6. The normalized spacial score (nSPS) is 13.5. The number of esters is 2. The molecule has 10 heteroatoms. The first-order chi connectivity index (χ1) is 28.0. The topological polar surface area (TPSA) is 108 Å². The summed E-state index contributed by atoms with van der Waals surface area (Å²) in [7, 11) is 1.48. The molecule has 1 N–H and O–H groups in total. The van der Waals surface area contributed by atoms with Crippen molar-refractivity contribution in [2.24, 2.45) is 0 Å². The molecule has 0 radical (unpaired) electrons. The summed E-state index contributed by atoms with van der Waals surface area (Å²) in [6.07, 6.45) is 44.0. The molecule has 0 aliphatic heterocycles. The van der Waals surface area contributed by atoms with E-state index in [1.807, 2.05) is 27.2 Å². The van der Waals surface area contributed by atoms with Gasteiger partial charge in [-0.1, -0.05) is 173 Å². The van der Waals surface area contributed by atoms with Gasteiger partial charge in [-0.2, -0.15) is 0 Å². The molecule has 0 saturated carbocycles. The number of phosphoric ester groups is 1. The fourth-order valence-corrected chi connectivity index (χ4v) is 7.55. The van der Waals surface area contributed by atoms with Gasteiger partial charge >= 0.3 is 19.8 Å². The summed E-state index contributed by atoms with van der Waals surface area (Å²) in [5, 5.41) is 0. The van der Waals surface area contributed by atoms with Crippen LogP contribution in [0, 0.1) is 0 Å². The third kappa shape index (κ3) is 44.1. The minimum absolute atomic E-state index is 0.0324. The number of hydrogen-bond acceptors (Lipinski definition) is 7. The van der Waals surface area contributed by atoms with Gasteiger partial charge in [0.25, 0.3) is 0 Å². The van der Waals surface area contributed by atoms with Gasteiger partial charge in [0.15, 0.2) is 6.10 Å². The molecule has 0 heterocycles. The van der Waals surface area contributed by atoms with E-state index in [1.165, 1.54) is 154 Å². The number of quaternary nitrogens is 1.